The van der Waals surface area contributed by atoms with Crippen LogP contribution in [0.2, 0.25) is 19.6 Å². The van der Waals surface area contributed by atoms with Gasteiger partial charge in [-0.1, -0.05) is 67.3 Å². The van der Waals surface area contributed by atoms with Gasteiger partial charge in [0.05, 0.1) is 21.6 Å². The van der Waals surface area contributed by atoms with E-state index >= 15 is 0 Å². The Balaban J connectivity index is 1.79. The van der Waals surface area contributed by atoms with Crippen molar-refractivity contribution in [2.24, 2.45) is 0 Å². The fourth-order valence-corrected chi connectivity index (χ4v) is 4.69. The van der Waals surface area contributed by atoms with Gasteiger partial charge >= 0.3 is 0 Å². The van der Waals surface area contributed by atoms with E-state index in [1.54, 1.807) is 37.4 Å². The number of ketones is 1. The first-order chi connectivity index (χ1) is 15.7. The first kappa shape index (κ1) is 24.2. The summed E-state index contributed by atoms with van der Waals surface area (Å²) in [5, 5.41) is 4.21. The molecule has 172 valence electrons. The molecule has 2 aromatic carbocycles. The van der Waals surface area contributed by atoms with E-state index in [4.69, 9.17) is 4.74 Å². The Kier molecular flexibility index (Phi) is 7.66. The van der Waals surface area contributed by atoms with Crippen LogP contribution in [0.1, 0.15) is 22.7 Å². The maximum atomic E-state index is 13.3. The van der Waals surface area contributed by atoms with Crippen LogP contribution in [0.3, 0.4) is 0 Å². The number of amides is 1. The van der Waals surface area contributed by atoms with Crippen molar-refractivity contribution in [2.75, 3.05) is 7.11 Å². The van der Waals surface area contributed by atoms with E-state index in [0.29, 0.717) is 16.9 Å². The summed E-state index contributed by atoms with van der Waals surface area (Å²) in [7, 11) is 0.159. The first-order valence-electron chi connectivity index (χ1n) is 10.9. The van der Waals surface area contributed by atoms with E-state index in [2.05, 4.69) is 42.1 Å². The number of hydrogen-bond donors (Lipinski definition) is 2. The van der Waals surface area contributed by atoms with Crippen LogP contribution in [0.5, 0.6) is 5.75 Å². The van der Waals surface area contributed by atoms with Crippen molar-refractivity contribution >= 4 is 25.0 Å². The van der Waals surface area contributed by atoms with Gasteiger partial charge in [0.2, 0.25) is 11.5 Å². The third-order valence-corrected chi connectivity index (χ3v) is 7.55. The highest BCUT2D eigenvalue weighted by atomic mass is 28.3. The second-order valence-electron chi connectivity index (χ2n) is 9.10. The van der Waals surface area contributed by atoms with Crippen LogP contribution < -0.4 is 20.8 Å². The predicted molar refractivity (Wildman–Crippen MR) is 133 cm³/mol. The molecule has 3 aromatic rings. The summed E-state index contributed by atoms with van der Waals surface area (Å²) in [5.41, 5.74) is 2.03. The monoisotopic (exact) mass is 462 g/mol. The zero-order valence-corrected chi connectivity index (χ0v) is 20.5. The van der Waals surface area contributed by atoms with Gasteiger partial charge in [-0.15, -0.1) is 0 Å². The van der Waals surface area contributed by atoms with E-state index in [1.165, 1.54) is 17.4 Å². The number of H-pyrrole nitrogens is 1. The molecule has 0 bridgehead atoms. The Morgan fingerprint density at radius 2 is 1.55 bits per heavy atom. The van der Waals surface area contributed by atoms with Crippen molar-refractivity contribution in [1.29, 1.82) is 0 Å². The lowest BCUT2D eigenvalue weighted by Gasteiger charge is -2.20. The molecule has 33 heavy (non-hydrogen) atoms. The number of carbonyl (C=O) groups is 2. The van der Waals surface area contributed by atoms with Crippen LogP contribution in [0.4, 0.5) is 0 Å². The van der Waals surface area contributed by atoms with Crippen molar-refractivity contribution in [3.63, 3.8) is 0 Å². The highest BCUT2D eigenvalue weighted by molar-refractivity contribution is 6.88. The van der Waals surface area contributed by atoms with Gasteiger partial charge in [-0.2, -0.15) is 0 Å². The third kappa shape index (κ3) is 6.76. The number of aromatic nitrogens is 1. The SMILES string of the molecule is COc1ccc(C(NC(=O)Cc2ccc(=O)[nH]c2)C(=O)Cc2ccc([Si](C)(C)C)cc2)cc1. The number of carbonyl (C=O) groups excluding carboxylic acids is 2. The molecule has 0 spiro atoms. The van der Waals surface area contributed by atoms with Crippen LogP contribution in [0.25, 0.3) is 0 Å². The molecule has 3 rings (SSSR count). The number of aromatic amines is 1. The standard InChI is InChI=1S/C26H30N2O4Si/c1-32-21-10-8-20(9-11-21)26(28-25(31)16-19-7-14-24(30)27-17-19)23(29)15-18-5-12-22(13-6-18)33(2,3)4/h5-14,17,26H,15-16H2,1-4H3,(H,27,30)(H,28,31). The third-order valence-electron chi connectivity index (χ3n) is 5.49. The van der Waals surface area contributed by atoms with Crippen molar-refractivity contribution in [3.8, 4) is 5.75 Å². The fraction of sp³-hybridized carbons (Fsp3) is 0.269. The molecule has 1 heterocycles. The minimum absolute atomic E-state index is 0.0572. The van der Waals surface area contributed by atoms with Crippen molar-refractivity contribution in [1.82, 2.24) is 10.3 Å². The Hall–Kier alpha value is -3.45. The molecule has 0 fully saturated rings. The van der Waals surface area contributed by atoms with Gasteiger partial charge in [0, 0.05) is 18.7 Å². The number of methoxy groups -OCH3 is 1. The lowest BCUT2D eigenvalue weighted by atomic mass is 9.97. The minimum Gasteiger partial charge on any atom is -0.497 e. The molecule has 1 amide bonds. The molecule has 2 N–H and O–H groups in total. The molecule has 1 atom stereocenters. The normalized spacial score (nSPS) is 12.1. The molecule has 1 aromatic heterocycles. The van der Waals surface area contributed by atoms with E-state index in [1.807, 2.05) is 12.1 Å². The van der Waals surface area contributed by atoms with Crippen LogP contribution in [0.15, 0.2) is 71.7 Å². The predicted octanol–water partition coefficient (Wildman–Crippen LogP) is 3.14. The average Bonchev–Trinajstić information content (AvgIpc) is 2.79. The Labute approximate surface area is 195 Å². The molecule has 0 saturated heterocycles. The summed E-state index contributed by atoms with van der Waals surface area (Å²) in [5.74, 6) is 0.271. The van der Waals surface area contributed by atoms with Crippen LogP contribution in [-0.4, -0.2) is 31.9 Å². The summed E-state index contributed by atoms with van der Waals surface area (Å²) in [6.07, 6.45) is 1.77. The molecular formula is C26H30N2O4Si. The van der Waals surface area contributed by atoms with Crippen LogP contribution in [-0.2, 0) is 22.4 Å². The van der Waals surface area contributed by atoms with Crippen LogP contribution >= 0.6 is 0 Å². The highest BCUT2D eigenvalue weighted by Gasteiger charge is 2.24. The lowest BCUT2D eigenvalue weighted by Crippen LogP contribution is -2.37. The molecule has 0 aliphatic rings. The topological polar surface area (TPSA) is 88.3 Å². The lowest BCUT2D eigenvalue weighted by molar-refractivity contribution is -0.127. The number of pyridine rings is 1. The summed E-state index contributed by atoms with van der Waals surface area (Å²) in [4.78, 5) is 39.9. The van der Waals surface area contributed by atoms with Crippen molar-refractivity contribution in [2.45, 2.75) is 38.5 Å². The summed E-state index contributed by atoms with van der Waals surface area (Å²) >= 11 is 0. The minimum atomic E-state index is -1.42. The summed E-state index contributed by atoms with van der Waals surface area (Å²) < 4.78 is 5.22. The number of rotatable bonds is 9. The second kappa shape index (κ2) is 10.4. The van der Waals surface area contributed by atoms with Gasteiger partial charge in [0.1, 0.15) is 11.8 Å². The number of nitrogens with one attached hydrogen (secondary N) is 2. The molecule has 1 unspecified atom stereocenters. The number of benzene rings is 2. The average molecular weight is 463 g/mol. The number of Topliss-reactive ketones (excluding diaryl/α,β-unsaturated/α-hetero) is 1. The van der Waals surface area contributed by atoms with Gasteiger partial charge in [-0.05, 0) is 28.8 Å². The molecule has 0 saturated carbocycles. The number of ether oxygens (including phenoxy) is 1. The Morgan fingerprint density at radius 3 is 2.09 bits per heavy atom. The highest BCUT2D eigenvalue weighted by Crippen LogP contribution is 2.20. The van der Waals surface area contributed by atoms with E-state index in [-0.39, 0.29) is 30.1 Å². The molecule has 0 radical (unpaired) electrons. The zero-order valence-electron chi connectivity index (χ0n) is 19.5. The van der Waals surface area contributed by atoms with Gasteiger partial charge < -0.3 is 15.0 Å². The molecular weight excluding hydrogens is 432 g/mol. The largest absolute Gasteiger partial charge is 0.497 e. The number of hydrogen-bond acceptors (Lipinski definition) is 4. The summed E-state index contributed by atoms with van der Waals surface area (Å²) in [6.45, 7) is 6.85. The Morgan fingerprint density at radius 1 is 0.909 bits per heavy atom. The van der Waals surface area contributed by atoms with Crippen molar-refractivity contribution in [3.05, 3.63) is 93.9 Å². The molecule has 0 aliphatic carbocycles. The van der Waals surface area contributed by atoms with Crippen LogP contribution in [0, 0.1) is 0 Å². The van der Waals surface area contributed by atoms with Gasteiger partial charge in [0.15, 0.2) is 5.78 Å². The molecule has 6 nitrogen and oxygen atoms in total. The second-order valence-corrected chi connectivity index (χ2v) is 14.2. The summed E-state index contributed by atoms with van der Waals surface area (Å²) in [6, 6.07) is 17.5. The van der Waals surface area contributed by atoms with E-state index in [0.717, 1.165) is 5.56 Å². The first-order valence-corrected chi connectivity index (χ1v) is 14.4. The fourth-order valence-electron chi connectivity index (χ4n) is 3.52. The zero-order chi connectivity index (χ0) is 24.0. The Bertz CT molecular complexity index is 1140. The van der Waals surface area contributed by atoms with Crippen molar-refractivity contribution < 1.29 is 14.3 Å². The van der Waals surface area contributed by atoms with E-state index < -0.39 is 14.1 Å². The quantitative estimate of drug-likeness (QED) is 0.478. The van der Waals surface area contributed by atoms with Gasteiger partial charge in [-0.25, -0.2) is 0 Å². The smallest absolute Gasteiger partial charge is 0.247 e. The maximum Gasteiger partial charge on any atom is 0.247 e. The molecule has 0 aliphatic heterocycles. The van der Waals surface area contributed by atoms with E-state index in [9.17, 15) is 14.4 Å². The van der Waals surface area contributed by atoms with Gasteiger partial charge in [0.25, 0.3) is 0 Å². The molecule has 7 heteroatoms. The van der Waals surface area contributed by atoms with Gasteiger partial charge in [-0.3, -0.25) is 14.4 Å². The maximum absolute atomic E-state index is 13.3.